The SMILES string of the molecule is COC(CNNC(N)=S)OC. The van der Waals surface area contributed by atoms with Crippen LogP contribution in [0.4, 0.5) is 0 Å². The fourth-order valence-electron chi connectivity index (χ4n) is 0.484. The summed E-state index contributed by atoms with van der Waals surface area (Å²) in [6.45, 7) is 0.477. The monoisotopic (exact) mass is 179 g/mol. The van der Waals surface area contributed by atoms with Crippen LogP contribution in [-0.2, 0) is 9.47 Å². The summed E-state index contributed by atoms with van der Waals surface area (Å²) in [6, 6.07) is 0. The number of methoxy groups -OCH3 is 2. The third kappa shape index (κ3) is 5.99. The van der Waals surface area contributed by atoms with Crippen molar-refractivity contribution in [2.45, 2.75) is 6.29 Å². The number of hydrogen-bond acceptors (Lipinski definition) is 4. The average molecular weight is 179 g/mol. The summed E-state index contributed by atoms with van der Waals surface area (Å²) < 4.78 is 9.74. The van der Waals surface area contributed by atoms with Crippen molar-refractivity contribution >= 4 is 17.3 Å². The van der Waals surface area contributed by atoms with Gasteiger partial charge >= 0.3 is 0 Å². The minimum absolute atomic E-state index is 0.191. The molecule has 11 heavy (non-hydrogen) atoms. The van der Waals surface area contributed by atoms with Gasteiger partial charge < -0.3 is 15.2 Å². The van der Waals surface area contributed by atoms with Crippen molar-refractivity contribution in [1.82, 2.24) is 10.9 Å². The predicted molar refractivity (Wildman–Crippen MR) is 45.7 cm³/mol. The molecule has 0 fully saturated rings. The molecule has 0 aliphatic heterocycles. The van der Waals surface area contributed by atoms with Crippen LogP contribution in [0.15, 0.2) is 0 Å². The maximum atomic E-state index is 5.14. The van der Waals surface area contributed by atoms with Gasteiger partial charge in [-0.15, -0.1) is 0 Å². The second kappa shape index (κ2) is 6.29. The number of hydrazine groups is 1. The lowest BCUT2D eigenvalue weighted by atomic mass is 10.6. The van der Waals surface area contributed by atoms with E-state index in [0.717, 1.165) is 0 Å². The van der Waals surface area contributed by atoms with Crippen LogP contribution < -0.4 is 16.6 Å². The number of nitrogens with two attached hydrogens (primary N) is 1. The molecule has 0 radical (unpaired) electrons. The van der Waals surface area contributed by atoms with E-state index in [-0.39, 0.29) is 11.4 Å². The van der Waals surface area contributed by atoms with Gasteiger partial charge in [-0.2, -0.15) is 0 Å². The topological polar surface area (TPSA) is 68.5 Å². The van der Waals surface area contributed by atoms with Crippen LogP contribution in [-0.4, -0.2) is 32.2 Å². The Hall–Kier alpha value is -0.430. The molecule has 0 aliphatic carbocycles. The van der Waals surface area contributed by atoms with Crippen LogP contribution in [0, 0.1) is 0 Å². The molecule has 4 N–H and O–H groups in total. The second-order valence-electron chi connectivity index (χ2n) is 1.77. The number of thiocarbonyl (C=S) groups is 1. The standard InChI is InChI=1S/C5H13N3O2S/c1-9-4(10-2)3-7-8-5(6)11/h4,7H,3H2,1-2H3,(H3,6,8,11). The first-order valence-corrected chi connectivity index (χ1v) is 3.45. The van der Waals surface area contributed by atoms with Gasteiger partial charge in [0.25, 0.3) is 0 Å². The first-order chi connectivity index (χ1) is 5.20. The average Bonchev–Trinajstić information content (AvgIpc) is 1.98. The van der Waals surface area contributed by atoms with Crippen molar-refractivity contribution in [1.29, 1.82) is 0 Å². The molecule has 0 atom stereocenters. The summed E-state index contributed by atoms with van der Waals surface area (Å²) in [7, 11) is 3.10. The highest BCUT2D eigenvalue weighted by Gasteiger charge is 2.02. The summed E-state index contributed by atoms with van der Waals surface area (Å²) in [5.41, 5.74) is 10.4. The van der Waals surface area contributed by atoms with E-state index in [4.69, 9.17) is 15.2 Å². The molecule has 0 rings (SSSR count). The molecule has 5 nitrogen and oxygen atoms in total. The maximum absolute atomic E-state index is 5.14. The fraction of sp³-hybridized carbons (Fsp3) is 0.800. The van der Waals surface area contributed by atoms with Crippen molar-refractivity contribution in [3.63, 3.8) is 0 Å². The number of nitrogens with one attached hydrogen (secondary N) is 2. The number of rotatable bonds is 5. The first-order valence-electron chi connectivity index (χ1n) is 3.04. The quantitative estimate of drug-likeness (QED) is 0.284. The highest BCUT2D eigenvalue weighted by Crippen LogP contribution is 1.85. The van der Waals surface area contributed by atoms with E-state index in [1.165, 1.54) is 0 Å². The van der Waals surface area contributed by atoms with Crippen LogP contribution >= 0.6 is 12.2 Å². The molecule has 0 saturated carbocycles. The van der Waals surface area contributed by atoms with Crippen molar-refractivity contribution in [2.75, 3.05) is 20.8 Å². The van der Waals surface area contributed by atoms with Crippen LogP contribution in [0.25, 0.3) is 0 Å². The Bertz CT molecular complexity index is 118. The van der Waals surface area contributed by atoms with Crippen molar-refractivity contribution in [3.8, 4) is 0 Å². The van der Waals surface area contributed by atoms with Gasteiger partial charge in [0.1, 0.15) is 0 Å². The van der Waals surface area contributed by atoms with Gasteiger partial charge in [-0.1, -0.05) is 0 Å². The molecule has 0 unspecified atom stereocenters. The molecule has 0 spiro atoms. The molecule has 0 saturated heterocycles. The third-order valence-electron chi connectivity index (χ3n) is 1.01. The van der Waals surface area contributed by atoms with E-state index in [0.29, 0.717) is 6.54 Å². The van der Waals surface area contributed by atoms with Gasteiger partial charge in [0.2, 0.25) is 0 Å². The number of ether oxygens (including phenoxy) is 2. The molecular weight excluding hydrogens is 166 g/mol. The van der Waals surface area contributed by atoms with Gasteiger partial charge in [0.05, 0.1) is 6.54 Å². The van der Waals surface area contributed by atoms with E-state index in [9.17, 15) is 0 Å². The fourth-order valence-corrected chi connectivity index (χ4v) is 0.557. The first kappa shape index (κ1) is 10.6. The van der Waals surface area contributed by atoms with Gasteiger partial charge in [-0.25, -0.2) is 5.43 Å². The summed E-state index contributed by atoms with van der Waals surface area (Å²) in [5, 5.41) is 0.191. The van der Waals surface area contributed by atoms with Gasteiger partial charge in [-0.05, 0) is 12.2 Å². The Labute approximate surface area is 71.2 Å². The van der Waals surface area contributed by atoms with E-state index in [1.54, 1.807) is 14.2 Å². The highest BCUT2D eigenvalue weighted by atomic mass is 32.1. The van der Waals surface area contributed by atoms with Crippen LogP contribution in [0.5, 0.6) is 0 Å². The lowest BCUT2D eigenvalue weighted by molar-refractivity contribution is -0.0994. The van der Waals surface area contributed by atoms with E-state index in [1.807, 2.05) is 0 Å². The lowest BCUT2D eigenvalue weighted by Gasteiger charge is -2.14. The molecule has 66 valence electrons. The Balaban J connectivity index is 3.28. The Morgan fingerprint density at radius 3 is 2.45 bits per heavy atom. The Morgan fingerprint density at radius 1 is 1.55 bits per heavy atom. The van der Waals surface area contributed by atoms with Crippen molar-refractivity contribution in [3.05, 3.63) is 0 Å². The zero-order valence-corrected chi connectivity index (χ0v) is 7.40. The summed E-state index contributed by atoms with van der Waals surface area (Å²) in [4.78, 5) is 0. The summed E-state index contributed by atoms with van der Waals surface area (Å²) in [6.07, 6.45) is -0.295. The molecular formula is C5H13N3O2S. The molecule has 0 heterocycles. The largest absolute Gasteiger partial charge is 0.375 e. The molecule has 0 aromatic rings. The molecule has 0 bridgehead atoms. The van der Waals surface area contributed by atoms with Gasteiger partial charge in [0.15, 0.2) is 11.4 Å². The Morgan fingerprint density at radius 2 is 2.09 bits per heavy atom. The van der Waals surface area contributed by atoms with Crippen LogP contribution in [0.3, 0.4) is 0 Å². The minimum Gasteiger partial charge on any atom is -0.375 e. The van der Waals surface area contributed by atoms with Gasteiger partial charge in [-0.3, -0.25) is 5.43 Å². The normalized spacial score (nSPS) is 10.1. The maximum Gasteiger partial charge on any atom is 0.178 e. The molecule has 0 amide bonds. The number of hydrogen-bond donors (Lipinski definition) is 3. The van der Waals surface area contributed by atoms with E-state index < -0.39 is 0 Å². The molecule has 0 aromatic heterocycles. The molecule has 0 aliphatic rings. The van der Waals surface area contributed by atoms with Crippen LogP contribution in [0.2, 0.25) is 0 Å². The molecule has 0 aromatic carbocycles. The smallest absolute Gasteiger partial charge is 0.178 e. The highest BCUT2D eigenvalue weighted by molar-refractivity contribution is 7.80. The zero-order valence-electron chi connectivity index (χ0n) is 6.59. The predicted octanol–water partition coefficient (Wildman–Crippen LogP) is -1.06. The summed E-state index contributed by atoms with van der Waals surface area (Å²) >= 11 is 4.54. The van der Waals surface area contributed by atoms with Crippen molar-refractivity contribution < 1.29 is 9.47 Å². The summed E-state index contributed by atoms with van der Waals surface area (Å²) in [5.74, 6) is 0. The van der Waals surface area contributed by atoms with E-state index in [2.05, 4.69) is 23.1 Å². The van der Waals surface area contributed by atoms with Crippen LogP contribution in [0.1, 0.15) is 0 Å². The lowest BCUT2D eigenvalue weighted by Crippen LogP contribution is -2.45. The van der Waals surface area contributed by atoms with E-state index >= 15 is 0 Å². The minimum atomic E-state index is -0.295. The molecule has 6 heteroatoms. The second-order valence-corrected chi connectivity index (χ2v) is 2.21. The van der Waals surface area contributed by atoms with Gasteiger partial charge in [0, 0.05) is 14.2 Å². The third-order valence-corrected chi connectivity index (χ3v) is 1.11. The Kier molecular flexibility index (Phi) is 6.05. The van der Waals surface area contributed by atoms with Crippen molar-refractivity contribution in [2.24, 2.45) is 5.73 Å². The zero-order chi connectivity index (χ0) is 8.69.